The molecule has 9 heteroatoms. The summed E-state index contributed by atoms with van der Waals surface area (Å²) >= 11 is 0. The molecule has 0 saturated heterocycles. The minimum atomic E-state index is -1.06. The normalized spacial score (nSPS) is 17.0. The number of carbonyl (C=O) groups excluding carboxylic acids is 2. The SMILES string of the molecule is CCCCN(CCCC)Oc1ccc(C(=O)NC2C/C(=C\c3ccc(F)c(F)c3)C(=O)/C(=C/c3ccc(F)c(F)c3)C2)cc1. The minimum absolute atomic E-state index is 0.129. The van der Waals surface area contributed by atoms with Gasteiger partial charge in [-0.1, -0.05) is 38.8 Å². The number of carbonyl (C=O) groups is 2. The third-order valence-electron chi connectivity index (χ3n) is 7.29. The number of ketones is 1. The molecule has 1 N–H and O–H groups in total. The number of unbranched alkanes of at least 4 members (excludes halogenated alkanes) is 2. The fourth-order valence-electron chi connectivity index (χ4n) is 4.91. The summed E-state index contributed by atoms with van der Waals surface area (Å²) in [6.07, 6.45) is 7.25. The Morgan fingerprint density at radius 1 is 0.795 bits per heavy atom. The van der Waals surface area contributed by atoms with Gasteiger partial charge in [0, 0.05) is 35.8 Å². The van der Waals surface area contributed by atoms with E-state index in [0.29, 0.717) is 11.3 Å². The van der Waals surface area contributed by atoms with Gasteiger partial charge in [-0.2, -0.15) is 0 Å². The molecule has 4 rings (SSSR count). The predicted molar refractivity (Wildman–Crippen MR) is 163 cm³/mol. The Morgan fingerprint density at radius 3 is 1.75 bits per heavy atom. The smallest absolute Gasteiger partial charge is 0.251 e. The van der Waals surface area contributed by atoms with Gasteiger partial charge in [0.2, 0.25) is 0 Å². The van der Waals surface area contributed by atoms with E-state index >= 15 is 0 Å². The fraction of sp³-hybridized carbons (Fsp3) is 0.314. The number of rotatable bonds is 12. The van der Waals surface area contributed by atoms with Crippen LogP contribution in [0.4, 0.5) is 17.6 Å². The number of benzene rings is 3. The predicted octanol–water partition coefficient (Wildman–Crippen LogP) is 8.07. The first-order valence-corrected chi connectivity index (χ1v) is 14.9. The first-order valence-electron chi connectivity index (χ1n) is 14.9. The highest BCUT2D eigenvalue weighted by Gasteiger charge is 2.29. The van der Waals surface area contributed by atoms with Crippen LogP contribution in [0.15, 0.2) is 71.8 Å². The third-order valence-corrected chi connectivity index (χ3v) is 7.29. The molecule has 0 bridgehead atoms. The second-order valence-corrected chi connectivity index (χ2v) is 10.8. The van der Waals surface area contributed by atoms with E-state index in [2.05, 4.69) is 19.2 Å². The maximum atomic E-state index is 13.9. The van der Waals surface area contributed by atoms with E-state index in [4.69, 9.17) is 4.84 Å². The number of nitrogens with one attached hydrogen (secondary N) is 1. The van der Waals surface area contributed by atoms with Gasteiger partial charge in [0.1, 0.15) is 5.75 Å². The standard InChI is InChI=1S/C35H36F4N2O3/c1-3-5-15-41(16-6-4-2)44-29-11-9-25(10-12-29)35(43)40-28-21-26(17-23-7-13-30(36)32(38)19-23)34(42)27(22-28)18-24-8-14-31(37)33(39)20-24/h7-14,17-20,28H,3-6,15-16,21-22H2,1-2H3,(H,40,43)/b26-17+,27-18+. The van der Waals surface area contributed by atoms with Crippen molar-refractivity contribution in [2.75, 3.05) is 13.1 Å². The van der Waals surface area contributed by atoms with Gasteiger partial charge in [-0.15, -0.1) is 5.06 Å². The van der Waals surface area contributed by atoms with Crippen LogP contribution in [0.2, 0.25) is 0 Å². The summed E-state index contributed by atoms with van der Waals surface area (Å²) in [6, 6.07) is 12.8. The van der Waals surface area contributed by atoms with Crippen LogP contribution in [0.1, 0.15) is 73.9 Å². The Kier molecular flexibility index (Phi) is 11.5. The van der Waals surface area contributed by atoms with Crippen molar-refractivity contribution in [3.63, 3.8) is 0 Å². The quantitative estimate of drug-likeness (QED) is 0.128. The topological polar surface area (TPSA) is 58.6 Å². The Balaban J connectivity index is 1.54. The van der Waals surface area contributed by atoms with Gasteiger partial charge in [-0.25, -0.2) is 17.6 Å². The van der Waals surface area contributed by atoms with Crippen molar-refractivity contribution in [1.29, 1.82) is 0 Å². The van der Waals surface area contributed by atoms with E-state index in [-0.39, 0.29) is 46.8 Å². The van der Waals surface area contributed by atoms with E-state index in [1.807, 2.05) is 5.06 Å². The van der Waals surface area contributed by atoms with Gasteiger partial charge in [0.05, 0.1) is 0 Å². The monoisotopic (exact) mass is 608 g/mol. The van der Waals surface area contributed by atoms with Crippen molar-refractivity contribution < 1.29 is 32.0 Å². The molecule has 3 aromatic rings. The molecule has 1 amide bonds. The van der Waals surface area contributed by atoms with Crippen LogP contribution in [0.25, 0.3) is 12.2 Å². The van der Waals surface area contributed by atoms with Crippen LogP contribution < -0.4 is 10.2 Å². The molecule has 3 aromatic carbocycles. The number of halogens is 4. The highest BCUT2D eigenvalue weighted by Crippen LogP contribution is 2.30. The Labute approximate surface area is 255 Å². The molecule has 0 spiro atoms. The van der Waals surface area contributed by atoms with Crippen molar-refractivity contribution >= 4 is 23.8 Å². The molecule has 0 unspecified atom stereocenters. The van der Waals surface area contributed by atoms with Crippen LogP contribution in [-0.4, -0.2) is 35.9 Å². The average molecular weight is 609 g/mol. The van der Waals surface area contributed by atoms with Gasteiger partial charge in [0.25, 0.3) is 5.91 Å². The van der Waals surface area contributed by atoms with Crippen molar-refractivity contribution in [3.8, 4) is 5.75 Å². The zero-order valence-corrected chi connectivity index (χ0v) is 24.8. The van der Waals surface area contributed by atoms with Crippen LogP contribution in [0.3, 0.4) is 0 Å². The lowest BCUT2D eigenvalue weighted by Gasteiger charge is -2.27. The highest BCUT2D eigenvalue weighted by molar-refractivity contribution is 6.14. The van der Waals surface area contributed by atoms with Gasteiger partial charge in [0.15, 0.2) is 29.1 Å². The van der Waals surface area contributed by atoms with E-state index < -0.39 is 29.3 Å². The Hall–Kier alpha value is -4.24. The van der Waals surface area contributed by atoms with Crippen molar-refractivity contribution in [1.82, 2.24) is 10.4 Å². The summed E-state index contributed by atoms with van der Waals surface area (Å²) < 4.78 is 54.7. The molecule has 0 aromatic heterocycles. The molecular formula is C35H36F4N2O3. The number of amides is 1. The first kappa shape index (κ1) is 32.7. The van der Waals surface area contributed by atoms with E-state index in [0.717, 1.165) is 63.0 Å². The lowest BCUT2D eigenvalue weighted by Crippen LogP contribution is -2.39. The van der Waals surface area contributed by atoms with Gasteiger partial charge in [-0.3, -0.25) is 9.59 Å². The largest absolute Gasteiger partial charge is 0.406 e. The van der Waals surface area contributed by atoms with Crippen LogP contribution >= 0.6 is 0 Å². The second kappa shape index (κ2) is 15.5. The van der Waals surface area contributed by atoms with Crippen LogP contribution in [0.5, 0.6) is 5.75 Å². The molecule has 5 nitrogen and oxygen atoms in total. The molecule has 44 heavy (non-hydrogen) atoms. The van der Waals surface area contributed by atoms with E-state index in [1.54, 1.807) is 24.3 Å². The lowest BCUT2D eigenvalue weighted by atomic mass is 9.83. The third kappa shape index (κ3) is 8.89. The number of hydrogen-bond donors (Lipinski definition) is 1. The molecule has 0 radical (unpaired) electrons. The summed E-state index contributed by atoms with van der Waals surface area (Å²) in [5, 5.41) is 4.89. The number of hydrogen-bond acceptors (Lipinski definition) is 4. The molecule has 0 heterocycles. The van der Waals surface area contributed by atoms with Gasteiger partial charge >= 0.3 is 0 Å². The molecule has 1 aliphatic carbocycles. The maximum Gasteiger partial charge on any atom is 0.251 e. The lowest BCUT2D eigenvalue weighted by molar-refractivity contribution is -0.113. The van der Waals surface area contributed by atoms with Gasteiger partial charge in [-0.05, 0) is 97.5 Å². The Bertz CT molecular complexity index is 1450. The average Bonchev–Trinajstić information content (AvgIpc) is 3.00. The van der Waals surface area contributed by atoms with Crippen LogP contribution in [-0.2, 0) is 4.79 Å². The molecule has 1 fully saturated rings. The Morgan fingerprint density at radius 2 is 1.30 bits per heavy atom. The number of Topliss-reactive ketones (excluding diaryl/α,β-unsaturated/α-hetero) is 1. The molecule has 1 saturated carbocycles. The van der Waals surface area contributed by atoms with Crippen molar-refractivity contribution in [2.24, 2.45) is 0 Å². The minimum Gasteiger partial charge on any atom is -0.406 e. The summed E-state index contributed by atoms with van der Waals surface area (Å²) in [5.74, 6) is -4.29. The summed E-state index contributed by atoms with van der Waals surface area (Å²) in [4.78, 5) is 32.7. The molecule has 1 aliphatic rings. The van der Waals surface area contributed by atoms with E-state index in [1.165, 1.54) is 24.3 Å². The van der Waals surface area contributed by atoms with Crippen LogP contribution in [0, 0.1) is 23.3 Å². The zero-order valence-electron chi connectivity index (χ0n) is 24.8. The maximum absolute atomic E-state index is 13.9. The van der Waals surface area contributed by atoms with Gasteiger partial charge < -0.3 is 10.2 Å². The number of nitrogens with zero attached hydrogens (tertiary/aromatic N) is 1. The molecule has 232 valence electrons. The summed E-state index contributed by atoms with van der Waals surface area (Å²) in [7, 11) is 0. The summed E-state index contributed by atoms with van der Waals surface area (Å²) in [6.45, 7) is 5.85. The number of hydroxylamine groups is 2. The molecule has 0 aliphatic heterocycles. The zero-order chi connectivity index (χ0) is 31.6. The van der Waals surface area contributed by atoms with Crippen molar-refractivity contribution in [2.45, 2.75) is 58.4 Å². The fourth-order valence-corrected chi connectivity index (χ4v) is 4.91. The van der Waals surface area contributed by atoms with Crippen molar-refractivity contribution in [3.05, 3.63) is 112 Å². The van der Waals surface area contributed by atoms with E-state index in [9.17, 15) is 27.2 Å². The second-order valence-electron chi connectivity index (χ2n) is 10.8. The first-order chi connectivity index (χ1) is 21.2. The summed E-state index contributed by atoms with van der Waals surface area (Å²) in [5.41, 5.74) is 1.44. The molecular weight excluding hydrogens is 572 g/mol. The highest BCUT2D eigenvalue weighted by atomic mass is 19.2. The molecule has 0 atom stereocenters.